The number of nitro groups is 1. The number of hydrogen-bond donors (Lipinski definition) is 1. The third-order valence-electron chi connectivity index (χ3n) is 3.34. The number of carboxylic acids is 1. The van der Waals surface area contributed by atoms with Gasteiger partial charge in [-0.1, -0.05) is 23.5 Å². The number of nitrogens with zero attached hydrogens (tertiary/aromatic N) is 4. The zero-order chi connectivity index (χ0) is 17.8. The zero-order valence-corrected chi connectivity index (χ0v) is 13.6. The van der Waals surface area contributed by atoms with Gasteiger partial charge in [0.05, 0.1) is 21.4 Å². The number of benzene rings is 2. The number of aromatic nitrogens is 1. The second-order valence-corrected chi connectivity index (χ2v) is 6.03. The molecule has 0 amide bonds. The number of aliphatic carboxylic acids is 1. The minimum absolute atomic E-state index is 0.00195. The Morgan fingerprint density at radius 3 is 2.64 bits per heavy atom. The van der Waals surface area contributed by atoms with Crippen molar-refractivity contribution < 1.29 is 14.8 Å². The second-order valence-electron chi connectivity index (χ2n) is 5.03. The summed E-state index contributed by atoms with van der Waals surface area (Å²) in [5.41, 5.74) is 1.43. The van der Waals surface area contributed by atoms with Crippen LogP contribution < -0.4 is 4.80 Å². The van der Waals surface area contributed by atoms with Crippen molar-refractivity contribution in [3.05, 3.63) is 69.0 Å². The summed E-state index contributed by atoms with van der Waals surface area (Å²) in [5.74, 6) is -0.968. The van der Waals surface area contributed by atoms with E-state index < -0.39 is 10.9 Å². The van der Waals surface area contributed by atoms with Crippen LogP contribution in [-0.4, -0.2) is 26.8 Å². The van der Waals surface area contributed by atoms with Crippen molar-refractivity contribution >= 4 is 39.4 Å². The standard InChI is InChI=1S/C16H12N4O4S/c21-15(22)10-19-13-3-1-2-4-14(13)25-16(19)18-17-9-11-5-7-12(8-6-11)20(23)24/h1-9H,10H2,(H,21,22). The van der Waals surface area contributed by atoms with Crippen LogP contribution in [0.1, 0.15) is 5.56 Å². The van der Waals surface area contributed by atoms with E-state index in [1.54, 1.807) is 16.7 Å². The summed E-state index contributed by atoms with van der Waals surface area (Å²) < 4.78 is 2.49. The van der Waals surface area contributed by atoms with E-state index in [0.717, 1.165) is 10.2 Å². The molecule has 0 unspecified atom stereocenters. The minimum Gasteiger partial charge on any atom is -0.480 e. The Bertz CT molecular complexity index is 1030. The van der Waals surface area contributed by atoms with Crippen LogP contribution in [0.5, 0.6) is 0 Å². The van der Waals surface area contributed by atoms with E-state index in [0.29, 0.717) is 10.4 Å². The molecule has 25 heavy (non-hydrogen) atoms. The molecule has 1 N–H and O–H groups in total. The molecule has 0 spiro atoms. The maximum Gasteiger partial charge on any atom is 0.323 e. The lowest BCUT2D eigenvalue weighted by molar-refractivity contribution is -0.384. The highest BCUT2D eigenvalue weighted by Gasteiger charge is 2.08. The van der Waals surface area contributed by atoms with E-state index in [2.05, 4.69) is 10.2 Å². The van der Waals surface area contributed by atoms with Gasteiger partial charge in [0.15, 0.2) is 0 Å². The number of para-hydroxylation sites is 1. The summed E-state index contributed by atoms with van der Waals surface area (Å²) in [6.07, 6.45) is 1.46. The van der Waals surface area contributed by atoms with Crippen LogP contribution in [-0.2, 0) is 11.3 Å². The van der Waals surface area contributed by atoms with Crippen LogP contribution in [0, 0.1) is 10.1 Å². The Morgan fingerprint density at radius 2 is 1.96 bits per heavy atom. The maximum atomic E-state index is 11.1. The number of fused-ring (bicyclic) bond motifs is 1. The maximum absolute atomic E-state index is 11.1. The average Bonchev–Trinajstić information content (AvgIpc) is 2.93. The van der Waals surface area contributed by atoms with Crippen molar-refractivity contribution in [3.63, 3.8) is 0 Å². The molecule has 0 atom stereocenters. The second kappa shape index (κ2) is 7.05. The monoisotopic (exact) mass is 356 g/mol. The molecule has 2 aromatic carbocycles. The van der Waals surface area contributed by atoms with Gasteiger partial charge in [-0.3, -0.25) is 14.9 Å². The van der Waals surface area contributed by atoms with Gasteiger partial charge in [0, 0.05) is 12.1 Å². The molecular formula is C16H12N4O4S. The molecule has 0 fully saturated rings. The average molecular weight is 356 g/mol. The predicted molar refractivity (Wildman–Crippen MR) is 93.7 cm³/mol. The molecule has 3 rings (SSSR count). The normalized spacial score (nSPS) is 12.1. The molecule has 8 nitrogen and oxygen atoms in total. The lowest BCUT2D eigenvalue weighted by Crippen LogP contribution is -2.19. The molecule has 9 heteroatoms. The molecule has 3 aromatic rings. The first kappa shape index (κ1) is 16.5. The Balaban J connectivity index is 1.95. The van der Waals surface area contributed by atoms with Crippen LogP contribution >= 0.6 is 11.3 Å². The van der Waals surface area contributed by atoms with Gasteiger partial charge in [0.25, 0.3) is 5.69 Å². The highest BCUT2D eigenvalue weighted by molar-refractivity contribution is 7.16. The molecule has 0 aliphatic carbocycles. The molecule has 0 saturated carbocycles. The fraction of sp³-hybridized carbons (Fsp3) is 0.0625. The first-order chi connectivity index (χ1) is 12.0. The summed E-state index contributed by atoms with van der Waals surface area (Å²) in [6, 6.07) is 13.3. The number of thiazole rings is 1. The molecule has 0 saturated heterocycles. The Hall–Kier alpha value is -3.33. The first-order valence-corrected chi connectivity index (χ1v) is 7.98. The van der Waals surface area contributed by atoms with Gasteiger partial charge >= 0.3 is 5.97 Å². The smallest absolute Gasteiger partial charge is 0.323 e. The fourth-order valence-electron chi connectivity index (χ4n) is 2.21. The fourth-order valence-corrected chi connectivity index (χ4v) is 3.20. The van der Waals surface area contributed by atoms with E-state index in [-0.39, 0.29) is 12.2 Å². The number of carboxylic acid groups (broad SMARTS) is 1. The highest BCUT2D eigenvalue weighted by atomic mass is 32.1. The van der Waals surface area contributed by atoms with Crippen molar-refractivity contribution in [2.75, 3.05) is 0 Å². The molecule has 1 aromatic heterocycles. The van der Waals surface area contributed by atoms with Crippen molar-refractivity contribution in [1.29, 1.82) is 0 Å². The van der Waals surface area contributed by atoms with Crippen LogP contribution in [0.2, 0.25) is 0 Å². The Kier molecular flexibility index (Phi) is 4.66. The molecule has 126 valence electrons. The lowest BCUT2D eigenvalue weighted by atomic mass is 10.2. The summed E-state index contributed by atoms with van der Waals surface area (Å²) in [6.45, 7) is -0.212. The van der Waals surface area contributed by atoms with Gasteiger partial charge < -0.3 is 9.67 Å². The number of nitro benzene ring substituents is 1. The predicted octanol–water partition coefficient (Wildman–Crippen LogP) is 2.63. The van der Waals surface area contributed by atoms with E-state index in [1.807, 2.05) is 24.3 Å². The number of rotatable bonds is 5. The quantitative estimate of drug-likeness (QED) is 0.430. The van der Waals surface area contributed by atoms with E-state index in [4.69, 9.17) is 5.11 Å². The van der Waals surface area contributed by atoms with Gasteiger partial charge in [-0.05, 0) is 29.8 Å². The molecule has 0 aliphatic heterocycles. The number of carbonyl (C=O) groups is 1. The van der Waals surface area contributed by atoms with E-state index >= 15 is 0 Å². The summed E-state index contributed by atoms with van der Waals surface area (Å²) >= 11 is 1.34. The lowest BCUT2D eigenvalue weighted by Gasteiger charge is -1.99. The SMILES string of the molecule is O=C(O)Cn1c(=NN=Cc2ccc([N+](=O)[O-])cc2)sc2ccccc21. The van der Waals surface area contributed by atoms with Gasteiger partial charge in [0.1, 0.15) is 6.54 Å². The van der Waals surface area contributed by atoms with Crippen LogP contribution in [0.3, 0.4) is 0 Å². The van der Waals surface area contributed by atoms with Crippen LogP contribution in [0.4, 0.5) is 5.69 Å². The van der Waals surface area contributed by atoms with Crippen LogP contribution in [0.15, 0.2) is 58.7 Å². The number of hydrogen-bond acceptors (Lipinski definition) is 6. The van der Waals surface area contributed by atoms with E-state index in [9.17, 15) is 14.9 Å². The van der Waals surface area contributed by atoms with Gasteiger partial charge in [-0.25, -0.2) is 0 Å². The first-order valence-electron chi connectivity index (χ1n) is 7.16. The Labute approximate surface area is 145 Å². The minimum atomic E-state index is -0.968. The van der Waals surface area contributed by atoms with Gasteiger partial charge in [0.2, 0.25) is 4.80 Å². The van der Waals surface area contributed by atoms with Gasteiger partial charge in [-0.2, -0.15) is 5.10 Å². The third kappa shape index (κ3) is 3.78. The molecule has 0 bridgehead atoms. The molecular weight excluding hydrogens is 344 g/mol. The Morgan fingerprint density at radius 1 is 1.24 bits per heavy atom. The summed E-state index contributed by atoms with van der Waals surface area (Å²) in [7, 11) is 0. The van der Waals surface area contributed by atoms with Crippen molar-refractivity contribution in [2.24, 2.45) is 10.2 Å². The third-order valence-corrected chi connectivity index (χ3v) is 4.39. The van der Waals surface area contributed by atoms with Crippen LogP contribution in [0.25, 0.3) is 10.2 Å². The van der Waals surface area contributed by atoms with Crippen molar-refractivity contribution in [1.82, 2.24) is 4.57 Å². The molecule has 0 aliphatic rings. The zero-order valence-electron chi connectivity index (χ0n) is 12.8. The number of non-ortho nitro benzene ring substituents is 1. The highest BCUT2D eigenvalue weighted by Crippen LogP contribution is 2.16. The van der Waals surface area contributed by atoms with Gasteiger partial charge in [-0.15, -0.1) is 5.10 Å². The molecule has 0 radical (unpaired) electrons. The summed E-state index contributed by atoms with van der Waals surface area (Å²) in [4.78, 5) is 21.7. The largest absolute Gasteiger partial charge is 0.480 e. The van der Waals surface area contributed by atoms with Crippen molar-refractivity contribution in [2.45, 2.75) is 6.54 Å². The molecule has 1 heterocycles. The topological polar surface area (TPSA) is 110 Å². The van der Waals surface area contributed by atoms with E-state index in [1.165, 1.54) is 29.7 Å². The summed E-state index contributed by atoms with van der Waals surface area (Å²) in [5, 5.41) is 27.8. The van der Waals surface area contributed by atoms with Crippen molar-refractivity contribution in [3.8, 4) is 0 Å².